The highest BCUT2D eigenvalue weighted by Crippen LogP contribution is 2.19. The van der Waals surface area contributed by atoms with Gasteiger partial charge < -0.3 is 5.11 Å². The average Bonchev–Trinajstić information content (AvgIpc) is 2.69. The van der Waals surface area contributed by atoms with E-state index in [1.165, 1.54) is 11.1 Å². The van der Waals surface area contributed by atoms with Gasteiger partial charge in [0.05, 0.1) is 6.61 Å². The molecule has 0 amide bonds. The van der Waals surface area contributed by atoms with Crippen LogP contribution >= 0.6 is 22.9 Å². The first kappa shape index (κ1) is 10.7. The smallest absolute Gasteiger partial charge is 0.0774 e. The van der Waals surface area contributed by atoms with E-state index in [0.717, 1.165) is 16.3 Å². The maximum absolute atomic E-state index is 8.95. The summed E-state index contributed by atoms with van der Waals surface area (Å²) < 4.78 is 0. The Balaban J connectivity index is 2.11. The third-order valence-corrected chi connectivity index (χ3v) is 3.41. The molecule has 0 unspecified atom stereocenters. The van der Waals surface area contributed by atoms with Crippen molar-refractivity contribution >= 4 is 22.9 Å². The Labute approximate surface area is 98.0 Å². The molecule has 0 aliphatic rings. The first-order valence-electron chi connectivity index (χ1n) is 4.69. The molecule has 1 heterocycles. The monoisotopic (exact) mass is 238 g/mol. The molecule has 1 nitrogen and oxygen atoms in total. The molecular formula is C12H11ClOS. The summed E-state index contributed by atoms with van der Waals surface area (Å²) in [4.78, 5) is 1.01. The molecule has 2 aromatic rings. The zero-order chi connectivity index (χ0) is 10.7. The van der Waals surface area contributed by atoms with Crippen LogP contribution in [0.4, 0.5) is 0 Å². The highest BCUT2D eigenvalue weighted by atomic mass is 35.5. The first-order chi connectivity index (χ1) is 7.28. The van der Waals surface area contributed by atoms with E-state index in [0.29, 0.717) is 0 Å². The molecule has 1 aromatic heterocycles. The predicted octanol–water partition coefficient (Wildman–Crippen LogP) is 3.48. The van der Waals surface area contributed by atoms with Gasteiger partial charge in [0, 0.05) is 9.90 Å². The average molecular weight is 239 g/mol. The number of hydrogen-bond acceptors (Lipinski definition) is 2. The lowest BCUT2D eigenvalue weighted by Gasteiger charge is -1.98. The fraction of sp³-hybridized carbons (Fsp3) is 0.167. The van der Waals surface area contributed by atoms with Crippen LogP contribution in [-0.4, -0.2) is 5.11 Å². The van der Waals surface area contributed by atoms with Gasteiger partial charge >= 0.3 is 0 Å². The second kappa shape index (κ2) is 4.79. The van der Waals surface area contributed by atoms with Crippen molar-refractivity contribution in [1.29, 1.82) is 0 Å². The van der Waals surface area contributed by atoms with Crippen LogP contribution in [0, 0.1) is 0 Å². The number of aliphatic hydroxyl groups excluding tert-OH is 1. The van der Waals surface area contributed by atoms with E-state index in [9.17, 15) is 0 Å². The van der Waals surface area contributed by atoms with Crippen LogP contribution in [0.15, 0.2) is 35.7 Å². The lowest BCUT2D eigenvalue weighted by Crippen LogP contribution is -1.84. The van der Waals surface area contributed by atoms with E-state index >= 15 is 0 Å². The van der Waals surface area contributed by atoms with Crippen LogP contribution in [0.1, 0.15) is 16.0 Å². The molecule has 0 spiro atoms. The molecule has 0 bridgehead atoms. The van der Waals surface area contributed by atoms with Crippen molar-refractivity contribution in [2.45, 2.75) is 13.0 Å². The summed E-state index contributed by atoms with van der Waals surface area (Å²) in [6.45, 7) is 0.130. The lowest BCUT2D eigenvalue weighted by atomic mass is 10.1. The third kappa shape index (κ3) is 2.81. The first-order valence-corrected chi connectivity index (χ1v) is 5.95. The number of aliphatic hydroxyl groups is 1. The molecule has 0 saturated carbocycles. The minimum absolute atomic E-state index is 0.130. The van der Waals surface area contributed by atoms with Gasteiger partial charge in [-0.25, -0.2) is 0 Å². The molecule has 1 N–H and O–H groups in total. The van der Waals surface area contributed by atoms with Crippen LogP contribution in [0.25, 0.3) is 0 Å². The number of thiophene rings is 1. The summed E-state index contributed by atoms with van der Waals surface area (Å²) in [7, 11) is 0. The molecule has 78 valence electrons. The topological polar surface area (TPSA) is 20.2 Å². The molecule has 0 fully saturated rings. The highest BCUT2D eigenvalue weighted by Gasteiger charge is 2.00. The predicted molar refractivity (Wildman–Crippen MR) is 64.5 cm³/mol. The summed E-state index contributed by atoms with van der Waals surface area (Å²) in [6, 6.07) is 9.89. The summed E-state index contributed by atoms with van der Waals surface area (Å²) >= 11 is 7.41. The van der Waals surface area contributed by atoms with E-state index in [1.807, 2.05) is 30.3 Å². The molecule has 0 aliphatic carbocycles. The SMILES string of the molecule is OCc1cc(Cc2ccc(Cl)cc2)cs1. The van der Waals surface area contributed by atoms with Crippen molar-refractivity contribution in [3.05, 3.63) is 56.7 Å². The molecule has 0 aliphatic heterocycles. The maximum Gasteiger partial charge on any atom is 0.0774 e. The van der Waals surface area contributed by atoms with Gasteiger partial charge in [0.1, 0.15) is 0 Å². The van der Waals surface area contributed by atoms with Gasteiger partial charge in [-0.05, 0) is 41.1 Å². The Morgan fingerprint density at radius 1 is 1.13 bits per heavy atom. The van der Waals surface area contributed by atoms with Gasteiger partial charge in [-0.1, -0.05) is 23.7 Å². The standard InChI is InChI=1S/C12H11ClOS/c13-11-3-1-9(2-4-11)5-10-6-12(7-14)15-8-10/h1-4,6,8,14H,5,7H2. The van der Waals surface area contributed by atoms with Gasteiger partial charge in [-0.3, -0.25) is 0 Å². The Bertz CT molecular complexity index is 433. The Morgan fingerprint density at radius 2 is 1.87 bits per heavy atom. The van der Waals surface area contributed by atoms with Crippen molar-refractivity contribution in [3.8, 4) is 0 Å². The third-order valence-electron chi connectivity index (χ3n) is 2.19. The van der Waals surface area contributed by atoms with Gasteiger partial charge in [0.15, 0.2) is 0 Å². The van der Waals surface area contributed by atoms with E-state index in [4.69, 9.17) is 16.7 Å². The minimum Gasteiger partial charge on any atom is -0.391 e. The molecule has 15 heavy (non-hydrogen) atoms. The molecule has 2 rings (SSSR count). The van der Waals surface area contributed by atoms with Crippen LogP contribution < -0.4 is 0 Å². The number of rotatable bonds is 3. The summed E-state index contributed by atoms with van der Waals surface area (Å²) in [6.07, 6.45) is 0.896. The largest absolute Gasteiger partial charge is 0.391 e. The van der Waals surface area contributed by atoms with Crippen LogP contribution in [0.3, 0.4) is 0 Å². The van der Waals surface area contributed by atoms with Gasteiger partial charge in [-0.2, -0.15) is 0 Å². The molecule has 1 aromatic carbocycles. The quantitative estimate of drug-likeness (QED) is 0.868. The van der Waals surface area contributed by atoms with Gasteiger partial charge in [0.2, 0.25) is 0 Å². The second-order valence-corrected chi connectivity index (χ2v) is 4.81. The van der Waals surface area contributed by atoms with E-state index in [-0.39, 0.29) is 6.61 Å². The van der Waals surface area contributed by atoms with Crippen molar-refractivity contribution in [2.75, 3.05) is 0 Å². The molecule has 0 radical (unpaired) electrons. The lowest BCUT2D eigenvalue weighted by molar-refractivity contribution is 0.285. The molecule has 3 heteroatoms. The van der Waals surface area contributed by atoms with Crippen molar-refractivity contribution < 1.29 is 5.11 Å². The summed E-state index contributed by atoms with van der Waals surface area (Å²) in [5.74, 6) is 0. The van der Waals surface area contributed by atoms with Crippen LogP contribution in [0.2, 0.25) is 5.02 Å². The summed E-state index contributed by atoms with van der Waals surface area (Å²) in [5, 5.41) is 11.8. The van der Waals surface area contributed by atoms with E-state index in [2.05, 4.69) is 5.38 Å². The number of hydrogen-bond donors (Lipinski definition) is 1. The fourth-order valence-electron chi connectivity index (χ4n) is 1.44. The van der Waals surface area contributed by atoms with Gasteiger partial charge in [0.25, 0.3) is 0 Å². The van der Waals surface area contributed by atoms with Crippen molar-refractivity contribution in [2.24, 2.45) is 0 Å². The van der Waals surface area contributed by atoms with E-state index in [1.54, 1.807) is 11.3 Å². The van der Waals surface area contributed by atoms with Gasteiger partial charge in [-0.15, -0.1) is 11.3 Å². The Kier molecular flexibility index (Phi) is 3.41. The molecule has 0 atom stereocenters. The van der Waals surface area contributed by atoms with Crippen molar-refractivity contribution in [3.63, 3.8) is 0 Å². The molecular weight excluding hydrogens is 228 g/mol. The number of benzene rings is 1. The minimum atomic E-state index is 0.130. The number of halogens is 1. The zero-order valence-corrected chi connectivity index (χ0v) is 9.68. The van der Waals surface area contributed by atoms with E-state index < -0.39 is 0 Å². The van der Waals surface area contributed by atoms with Crippen molar-refractivity contribution in [1.82, 2.24) is 0 Å². The second-order valence-electron chi connectivity index (χ2n) is 3.38. The zero-order valence-electron chi connectivity index (χ0n) is 8.11. The summed E-state index contributed by atoms with van der Waals surface area (Å²) in [5.41, 5.74) is 2.48. The molecule has 0 saturated heterocycles. The van der Waals surface area contributed by atoms with Crippen LogP contribution in [0.5, 0.6) is 0 Å². The maximum atomic E-state index is 8.95. The van der Waals surface area contributed by atoms with Crippen LogP contribution in [-0.2, 0) is 13.0 Å². The normalized spacial score (nSPS) is 10.5. The fourth-order valence-corrected chi connectivity index (χ4v) is 2.31. The highest BCUT2D eigenvalue weighted by molar-refractivity contribution is 7.10. The Hall–Kier alpha value is -0.830. The Morgan fingerprint density at radius 3 is 2.47 bits per heavy atom.